The number of allylic oxidation sites excluding steroid dienone is 8. The zero-order chi connectivity index (χ0) is 33.6. The summed E-state index contributed by atoms with van der Waals surface area (Å²) in [4.78, 5) is 4.79. The van der Waals surface area contributed by atoms with Crippen molar-refractivity contribution >= 4 is 33.4 Å². The Hall–Kier alpha value is -5.60. The Kier molecular flexibility index (Phi) is 9.57. The van der Waals surface area contributed by atoms with Crippen molar-refractivity contribution < 1.29 is 0 Å². The summed E-state index contributed by atoms with van der Waals surface area (Å²) in [6.07, 6.45) is 20.3. The van der Waals surface area contributed by atoms with E-state index in [1.54, 1.807) is 0 Å². The molecule has 0 spiro atoms. The quantitative estimate of drug-likeness (QED) is 0.141. The van der Waals surface area contributed by atoms with Crippen LogP contribution in [0, 0.1) is 5.92 Å². The van der Waals surface area contributed by atoms with E-state index >= 15 is 0 Å². The molecular formula is C47H44N2. The van der Waals surface area contributed by atoms with Gasteiger partial charge < -0.3 is 9.80 Å². The lowest BCUT2D eigenvalue weighted by atomic mass is 9.80. The fourth-order valence-corrected chi connectivity index (χ4v) is 7.22. The van der Waals surface area contributed by atoms with Crippen molar-refractivity contribution in [2.45, 2.75) is 25.8 Å². The third-order valence-corrected chi connectivity index (χ3v) is 10.0. The van der Waals surface area contributed by atoms with Gasteiger partial charge in [-0.2, -0.15) is 0 Å². The van der Waals surface area contributed by atoms with E-state index in [2.05, 4.69) is 194 Å². The molecule has 0 aliphatic heterocycles. The number of hydrogen-bond acceptors (Lipinski definition) is 2. The molecule has 0 fully saturated rings. The Balaban J connectivity index is 1.11. The molecule has 0 heterocycles. The van der Waals surface area contributed by atoms with Gasteiger partial charge in [-0.15, -0.1) is 0 Å². The standard InChI is InChI=1S/C47H44N2/c1-4-13-36(39-21-27-43(28-22-39)48(3)44-29-23-40(24-30-44)37-14-6-5-7-15-37)19-12-33-49(45-31-25-38-16-8-9-18-42(38)34-45)47-32-26-41-17-10-11-20-46(41)35(47)2/h4-9,11-16,18-32,34-35,47H,1,10,17,33H2,2-3H3/b19-12-,36-13+. The summed E-state index contributed by atoms with van der Waals surface area (Å²) in [5.41, 5.74) is 11.3. The molecule has 0 saturated heterocycles. The Morgan fingerprint density at radius 3 is 2.18 bits per heavy atom. The average Bonchev–Trinajstić information content (AvgIpc) is 3.17. The van der Waals surface area contributed by atoms with Crippen molar-refractivity contribution in [3.8, 4) is 11.1 Å². The largest absolute Gasteiger partial charge is 0.361 e. The van der Waals surface area contributed by atoms with E-state index in [4.69, 9.17) is 0 Å². The molecule has 49 heavy (non-hydrogen) atoms. The van der Waals surface area contributed by atoms with E-state index in [0.29, 0.717) is 5.92 Å². The number of benzene rings is 5. The van der Waals surface area contributed by atoms with E-state index in [0.717, 1.165) is 41.9 Å². The minimum absolute atomic E-state index is 0.260. The number of rotatable bonds is 10. The highest BCUT2D eigenvalue weighted by atomic mass is 15.2. The zero-order valence-corrected chi connectivity index (χ0v) is 28.5. The van der Waals surface area contributed by atoms with Gasteiger partial charge in [0.25, 0.3) is 0 Å². The SMILES string of the molecule is C=C/C=C(\C=C/CN(c1ccc2ccccc2c1)C1C=CC2=C(C=CCC2)C1C)c1ccc(N(C)c2ccc(-c3ccccc3)cc2)cc1. The van der Waals surface area contributed by atoms with Crippen molar-refractivity contribution in [3.05, 3.63) is 193 Å². The molecule has 0 N–H and O–H groups in total. The van der Waals surface area contributed by atoms with E-state index in [1.807, 2.05) is 6.08 Å². The number of nitrogens with zero attached hydrogens (tertiary/aromatic N) is 2. The first-order chi connectivity index (χ1) is 24.1. The van der Waals surface area contributed by atoms with Gasteiger partial charge in [-0.3, -0.25) is 0 Å². The molecule has 0 radical (unpaired) electrons. The first kappa shape index (κ1) is 32.0. The van der Waals surface area contributed by atoms with Crippen LogP contribution in [-0.4, -0.2) is 19.6 Å². The van der Waals surface area contributed by atoms with Crippen molar-refractivity contribution in [3.63, 3.8) is 0 Å². The van der Waals surface area contributed by atoms with Gasteiger partial charge in [0, 0.05) is 36.6 Å². The number of anilines is 3. The lowest BCUT2D eigenvalue weighted by Gasteiger charge is -2.39. The maximum Gasteiger partial charge on any atom is 0.0545 e. The molecule has 2 heteroatoms. The highest BCUT2D eigenvalue weighted by Gasteiger charge is 2.29. The third-order valence-electron chi connectivity index (χ3n) is 10.0. The lowest BCUT2D eigenvalue weighted by Crippen LogP contribution is -2.41. The monoisotopic (exact) mass is 636 g/mol. The highest BCUT2D eigenvalue weighted by Crippen LogP contribution is 2.37. The van der Waals surface area contributed by atoms with Gasteiger partial charge in [0.1, 0.15) is 0 Å². The molecular weight excluding hydrogens is 593 g/mol. The van der Waals surface area contributed by atoms with Gasteiger partial charge in [0.05, 0.1) is 6.04 Å². The van der Waals surface area contributed by atoms with Crippen molar-refractivity contribution in [2.75, 3.05) is 23.4 Å². The first-order valence-electron chi connectivity index (χ1n) is 17.4. The van der Waals surface area contributed by atoms with Crippen LogP contribution in [0.4, 0.5) is 17.1 Å². The second-order valence-electron chi connectivity index (χ2n) is 13.0. The van der Waals surface area contributed by atoms with Crippen LogP contribution in [0.3, 0.4) is 0 Å². The summed E-state index contributed by atoms with van der Waals surface area (Å²) in [5, 5.41) is 2.53. The Morgan fingerprint density at radius 2 is 1.43 bits per heavy atom. The van der Waals surface area contributed by atoms with Gasteiger partial charge in [0.15, 0.2) is 0 Å². The highest BCUT2D eigenvalue weighted by molar-refractivity contribution is 5.86. The molecule has 0 amide bonds. The molecule has 2 unspecified atom stereocenters. The van der Waals surface area contributed by atoms with Crippen molar-refractivity contribution in [2.24, 2.45) is 5.92 Å². The summed E-state index contributed by atoms with van der Waals surface area (Å²) in [6.45, 7) is 7.21. The molecule has 2 aliphatic rings. The molecule has 2 nitrogen and oxygen atoms in total. The predicted molar refractivity (Wildman–Crippen MR) is 212 cm³/mol. The fourth-order valence-electron chi connectivity index (χ4n) is 7.22. The van der Waals surface area contributed by atoms with Crippen LogP contribution in [0.15, 0.2) is 188 Å². The van der Waals surface area contributed by atoms with Gasteiger partial charge in [0.2, 0.25) is 0 Å². The topological polar surface area (TPSA) is 6.48 Å². The first-order valence-corrected chi connectivity index (χ1v) is 17.4. The lowest BCUT2D eigenvalue weighted by molar-refractivity contribution is 0.551. The summed E-state index contributed by atoms with van der Waals surface area (Å²) in [5.74, 6) is 0.402. The summed E-state index contributed by atoms with van der Waals surface area (Å²) in [6, 6.07) is 43.9. The minimum Gasteiger partial charge on any atom is -0.361 e. The molecule has 5 aromatic carbocycles. The molecule has 242 valence electrons. The van der Waals surface area contributed by atoms with Crippen LogP contribution in [0.1, 0.15) is 25.3 Å². The summed E-state index contributed by atoms with van der Waals surface area (Å²) >= 11 is 0. The van der Waals surface area contributed by atoms with Crippen LogP contribution >= 0.6 is 0 Å². The minimum atomic E-state index is 0.260. The van der Waals surface area contributed by atoms with Gasteiger partial charge in [-0.1, -0.05) is 147 Å². The molecule has 0 aromatic heterocycles. The Labute approximate surface area is 292 Å². The molecule has 2 aliphatic carbocycles. The fraction of sp³-hybridized carbons (Fsp3) is 0.149. The summed E-state index contributed by atoms with van der Waals surface area (Å²) < 4.78 is 0. The van der Waals surface area contributed by atoms with E-state index in [9.17, 15) is 0 Å². The van der Waals surface area contributed by atoms with Crippen LogP contribution in [-0.2, 0) is 0 Å². The smallest absolute Gasteiger partial charge is 0.0545 e. The van der Waals surface area contributed by atoms with Crippen LogP contribution in [0.25, 0.3) is 27.5 Å². The number of hydrogen-bond donors (Lipinski definition) is 0. The second kappa shape index (κ2) is 14.7. The zero-order valence-electron chi connectivity index (χ0n) is 28.5. The molecule has 5 aromatic rings. The predicted octanol–water partition coefficient (Wildman–Crippen LogP) is 12.1. The average molecular weight is 637 g/mol. The maximum atomic E-state index is 4.03. The van der Waals surface area contributed by atoms with Crippen LogP contribution in [0.5, 0.6) is 0 Å². The molecule has 2 atom stereocenters. The maximum absolute atomic E-state index is 4.03. The van der Waals surface area contributed by atoms with E-state index in [-0.39, 0.29) is 6.04 Å². The van der Waals surface area contributed by atoms with Crippen molar-refractivity contribution in [1.29, 1.82) is 0 Å². The van der Waals surface area contributed by atoms with E-state index < -0.39 is 0 Å². The van der Waals surface area contributed by atoms with Crippen molar-refractivity contribution in [1.82, 2.24) is 0 Å². The van der Waals surface area contributed by atoms with E-state index in [1.165, 1.54) is 38.7 Å². The molecule has 7 rings (SSSR count). The number of fused-ring (bicyclic) bond motifs is 1. The summed E-state index contributed by atoms with van der Waals surface area (Å²) in [7, 11) is 2.12. The van der Waals surface area contributed by atoms with Gasteiger partial charge in [-0.05, 0) is 93.4 Å². The van der Waals surface area contributed by atoms with Crippen LogP contribution < -0.4 is 9.80 Å². The third kappa shape index (κ3) is 7.00. The Bertz CT molecular complexity index is 2070. The van der Waals surface area contributed by atoms with Gasteiger partial charge >= 0.3 is 0 Å². The molecule has 0 saturated carbocycles. The molecule has 0 bridgehead atoms. The normalized spacial score (nSPS) is 17.4. The van der Waals surface area contributed by atoms with Gasteiger partial charge in [-0.25, -0.2) is 0 Å². The van der Waals surface area contributed by atoms with Crippen LogP contribution in [0.2, 0.25) is 0 Å². The second-order valence-corrected chi connectivity index (χ2v) is 13.0. The Morgan fingerprint density at radius 1 is 0.755 bits per heavy atom.